The zero-order valence-electron chi connectivity index (χ0n) is 11.8. The normalized spacial score (nSPS) is 18.9. The number of amides is 1. The van der Waals surface area contributed by atoms with E-state index in [4.69, 9.17) is 0 Å². The highest BCUT2D eigenvalue weighted by molar-refractivity contribution is 5.76. The molecule has 1 N–H and O–H groups in total. The van der Waals surface area contributed by atoms with Gasteiger partial charge in [-0.25, -0.2) is 0 Å². The van der Waals surface area contributed by atoms with Gasteiger partial charge in [0.25, 0.3) is 0 Å². The van der Waals surface area contributed by atoms with Crippen molar-refractivity contribution in [1.29, 1.82) is 0 Å². The van der Waals surface area contributed by atoms with E-state index >= 15 is 0 Å². The van der Waals surface area contributed by atoms with Crippen LogP contribution in [-0.4, -0.2) is 36.0 Å². The summed E-state index contributed by atoms with van der Waals surface area (Å²) >= 11 is 0. The van der Waals surface area contributed by atoms with Crippen LogP contribution in [0.25, 0.3) is 0 Å². The van der Waals surface area contributed by atoms with Gasteiger partial charge < -0.3 is 10.2 Å². The predicted molar refractivity (Wildman–Crippen MR) is 71.9 cm³/mol. The third-order valence-electron chi connectivity index (χ3n) is 3.57. The minimum absolute atomic E-state index is 0.238. The molecule has 1 aliphatic rings. The Morgan fingerprint density at radius 3 is 2.29 bits per heavy atom. The second kappa shape index (κ2) is 7.00. The molecule has 0 aromatic carbocycles. The van der Waals surface area contributed by atoms with Gasteiger partial charge in [-0.05, 0) is 39.0 Å². The van der Waals surface area contributed by atoms with Crippen LogP contribution in [0.5, 0.6) is 0 Å². The molecule has 0 saturated carbocycles. The third-order valence-corrected chi connectivity index (χ3v) is 3.57. The lowest BCUT2D eigenvalue weighted by molar-refractivity contribution is -0.122. The number of hydrogen-bond acceptors (Lipinski definition) is 2. The minimum Gasteiger partial charge on any atom is -0.353 e. The van der Waals surface area contributed by atoms with Crippen LogP contribution < -0.4 is 5.32 Å². The minimum atomic E-state index is 0.238. The summed E-state index contributed by atoms with van der Waals surface area (Å²) in [6.07, 6.45) is 3.88. The quantitative estimate of drug-likeness (QED) is 0.800. The first kappa shape index (κ1) is 14.5. The second-order valence-corrected chi connectivity index (χ2v) is 5.90. The fourth-order valence-electron chi connectivity index (χ4n) is 2.28. The van der Waals surface area contributed by atoms with Crippen molar-refractivity contribution in [3.8, 4) is 0 Å². The summed E-state index contributed by atoms with van der Waals surface area (Å²) in [5.74, 6) is 0.852. The Morgan fingerprint density at radius 2 is 1.82 bits per heavy atom. The number of nitrogens with zero attached hydrogens (tertiary/aromatic N) is 1. The fraction of sp³-hybridized carbons (Fsp3) is 0.929. The molecule has 17 heavy (non-hydrogen) atoms. The van der Waals surface area contributed by atoms with Crippen molar-refractivity contribution in [3.63, 3.8) is 0 Å². The van der Waals surface area contributed by atoms with Gasteiger partial charge >= 0.3 is 0 Å². The van der Waals surface area contributed by atoms with Crippen molar-refractivity contribution >= 4 is 5.91 Å². The van der Waals surface area contributed by atoms with E-state index in [2.05, 4.69) is 37.9 Å². The summed E-state index contributed by atoms with van der Waals surface area (Å²) in [7, 11) is 0. The molecule has 0 unspecified atom stereocenters. The molecular formula is C14H28N2O. The average Bonchev–Trinajstić information content (AvgIpc) is 2.27. The van der Waals surface area contributed by atoms with Gasteiger partial charge in [-0.15, -0.1) is 0 Å². The van der Waals surface area contributed by atoms with E-state index in [0.717, 1.165) is 32.4 Å². The van der Waals surface area contributed by atoms with Crippen molar-refractivity contribution in [2.24, 2.45) is 5.92 Å². The maximum absolute atomic E-state index is 11.7. The lowest BCUT2D eigenvalue weighted by Gasteiger charge is -2.34. The smallest absolute Gasteiger partial charge is 0.220 e. The lowest BCUT2D eigenvalue weighted by atomic mass is 10.0. The number of nitrogens with one attached hydrogen (secondary N) is 1. The number of carbonyl (C=O) groups is 1. The van der Waals surface area contributed by atoms with Gasteiger partial charge in [-0.2, -0.15) is 0 Å². The van der Waals surface area contributed by atoms with Gasteiger partial charge in [0, 0.05) is 31.6 Å². The predicted octanol–water partition coefficient (Wildman–Crippen LogP) is 2.41. The van der Waals surface area contributed by atoms with Crippen LogP contribution in [-0.2, 0) is 4.79 Å². The molecule has 1 rings (SSSR count). The van der Waals surface area contributed by atoms with Crippen molar-refractivity contribution < 1.29 is 4.79 Å². The Balaban J connectivity index is 2.19. The Labute approximate surface area is 106 Å². The highest BCUT2D eigenvalue weighted by atomic mass is 16.1. The number of rotatable bonds is 5. The highest BCUT2D eigenvalue weighted by Crippen LogP contribution is 2.13. The van der Waals surface area contributed by atoms with Gasteiger partial charge in [0.05, 0.1) is 0 Å². The first-order valence-electron chi connectivity index (χ1n) is 7.02. The molecule has 0 bridgehead atoms. The Hall–Kier alpha value is -0.570. The second-order valence-electron chi connectivity index (χ2n) is 5.90. The molecule has 0 aliphatic carbocycles. The summed E-state index contributed by atoms with van der Waals surface area (Å²) < 4.78 is 0. The van der Waals surface area contributed by atoms with Gasteiger partial charge in [-0.1, -0.05) is 13.8 Å². The lowest BCUT2D eigenvalue weighted by Crippen LogP contribution is -2.46. The molecule has 0 aromatic rings. The molecule has 1 aliphatic heterocycles. The van der Waals surface area contributed by atoms with Gasteiger partial charge in [0.2, 0.25) is 5.91 Å². The van der Waals surface area contributed by atoms with Crippen molar-refractivity contribution in [3.05, 3.63) is 0 Å². The Kier molecular flexibility index (Phi) is 5.96. The SMILES string of the molecule is CC(C)CCC(=O)NC1CCN(C(C)C)CC1. The number of hydrogen-bond donors (Lipinski definition) is 1. The molecule has 0 atom stereocenters. The van der Waals surface area contributed by atoms with Gasteiger partial charge in [0.1, 0.15) is 0 Å². The average molecular weight is 240 g/mol. The van der Waals surface area contributed by atoms with E-state index in [1.165, 1.54) is 0 Å². The fourth-order valence-corrected chi connectivity index (χ4v) is 2.28. The van der Waals surface area contributed by atoms with E-state index in [1.807, 2.05) is 0 Å². The van der Waals surface area contributed by atoms with Gasteiger partial charge in [0.15, 0.2) is 0 Å². The van der Waals surface area contributed by atoms with Crippen LogP contribution in [0.3, 0.4) is 0 Å². The van der Waals surface area contributed by atoms with Crippen LogP contribution in [0.15, 0.2) is 0 Å². The molecule has 3 nitrogen and oxygen atoms in total. The largest absolute Gasteiger partial charge is 0.353 e. The maximum atomic E-state index is 11.7. The van der Waals surface area contributed by atoms with Crippen LogP contribution in [0.1, 0.15) is 53.4 Å². The first-order chi connectivity index (χ1) is 7.99. The summed E-state index contributed by atoms with van der Waals surface area (Å²) in [6.45, 7) is 11.0. The maximum Gasteiger partial charge on any atom is 0.220 e. The number of likely N-dealkylation sites (tertiary alicyclic amines) is 1. The Bertz CT molecular complexity index is 230. The van der Waals surface area contributed by atoms with Crippen LogP contribution in [0.2, 0.25) is 0 Å². The van der Waals surface area contributed by atoms with E-state index in [1.54, 1.807) is 0 Å². The van der Waals surface area contributed by atoms with E-state index < -0.39 is 0 Å². The summed E-state index contributed by atoms with van der Waals surface area (Å²) in [4.78, 5) is 14.2. The molecule has 1 heterocycles. The van der Waals surface area contributed by atoms with Crippen LogP contribution in [0, 0.1) is 5.92 Å². The molecule has 0 spiro atoms. The molecule has 3 heteroatoms. The van der Waals surface area contributed by atoms with E-state index in [0.29, 0.717) is 24.4 Å². The zero-order valence-corrected chi connectivity index (χ0v) is 11.8. The van der Waals surface area contributed by atoms with E-state index in [-0.39, 0.29) is 5.91 Å². The van der Waals surface area contributed by atoms with Crippen molar-refractivity contribution in [1.82, 2.24) is 10.2 Å². The zero-order chi connectivity index (χ0) is 12.8. The monoisotopic (exact) mass is 240 g/mol. The van der Waals surface area contributed by atoms with E-state index in [9.17, 15) is 4.79 Å². The van der Waals surface area contributed by atoms with Gasteiger partial charge in [-0.3, -0.25) is 4.79 Å². The van der Waals surface area contributed by atoms with Crippen molar-refractivity contribution in [2.75, 3.05) is 13.1 Å². The first-order valence-corrected chi connectivity index (χ1v) is 7.02. The Morgan fingerprint density at radius 1 is 1.24 bits per heavy atom. The topological polar surface area (TPSA) is 32.3 Å². The molecule has 1 fully saturated rings. The van der Waals surface area contributed by atoms with Crippen molar-refractivity contribution in [2.45, 2.75) is 65.5 Å². The number of piperidine rings is 1. The van der Waals surface area contributed by atoms with Crippen LogP contribution in [0.4, 0.5) is 0 Å². The molecular weight excluding hydrogens is 212 g/mol. The summed E-state index contributed by atoms with van der Waals surface area (Å²) in [5, 5.41) is 3.17. The highest BCUT2D eigenvalue weighted by Gasteiger charge is 2.21. The number of carbonyl (C=O) groups excluding carboxylic acids is 1. The third kappa shape index (κ3) is 5.53. The summed E-state index contributed by atoms with van der Waals surface area (Å²) in [5.41, 5.74) is 0. The molecule has 0 radical (unpaired) electrons. The molecule has 1 saturated heterocycles. The molecule has 100 valence electrons. The molecule has 0 aromatic heterocycles. The standard InChI is InChI=1S/C14H28N2O/c1-11(2)5-6-14(17)15-13-7-9-16(10-8-13)12(3)4/h11-13H,5-10H2,1-4H3,(H,15,17). The van der Waals surface area contributed by atoms with Crippen LogP contribution >= 0.6 is 0 Å². The summed E-state index contributed by atoms with van der Waals surface area (Å²) in [6, 6.07) is 1.04. The molecule has 1 amide bonds.